The number of nitrogens with zero attached hydrogens (tertiary/aromatic N) is 1. The van der Waals surface area contributed by atoms with Gasteiger partial charge < -0.3 is 10.6 Å². The van der Waals surface area contributed by atoms with Gasteiger partial charge in [-0.3, -0.25) is 9.69 Å². The van der Waals surface area contributed by atoms with E-state index in [1.54, 1.807) is 17.0 Å². The summed E-state index contributed by atoms with van der Waals surface area (Å²) in [5.41, 5.74) is 2.86. The summed E-state index contributed by atoms with van der Waals surface area (Å²) < 4.78 is 13.3. The SMILES string of the molecule is CC(C)(C)NC(=O)N(Cc1ccc(F)cc1)c1cccc(CC(=O)NCc2ccccc2)c1. The Morgan fingerprint density at radius 2 is 1.52 bits per heavy atom. The second-order valence-corrected chi connectivity index (χ2v) is 9.00. The third kappa shape index (κ3) is 7.75. The number of nitrogens with one attached hydrogen (secondary N) is 2. The van der Waals surface area contributed by atoms with Crippen molar-refractivity contribution >= 4 is 17.6 Å². The van der Waals surface area contributed by atoms with E-state index in [0.29, 0.717) is 12.2 Å². The maximum atomic E-state index is 13.3. The Morgan fingerprint density at radius 3 is 2.18 bits per heavy atom. The molecule has 3 aromatic rings. The number of carbonyl (C=O) groups excluding carboxylic acids is 2. The number of rotatable bonds is 7. The summed E-state index contributed by atoms with van der Waals surface area (Å²) in [4.78, 5) is 27.2. The molecule has 6 heteroatoms. The van der Waals surface area contributed by atoms with E-state index >= 15 is 0 Å². The average molecular weight is 448 g/mol. The van der Waals surface area contributed by atoms with E-state index in [4.69, 9.17) is 0 Å². The number of hydrogen-bond donors (Lipinski definition) is 2. The van der Waals surface area contributed by atoms with E-state index in [-0.39, 0.29) is 30.7 Å². The molecule has 0 radical (unpaired) electrons. The Bertz CT molecular complexity index is 1080. The number of benzene rings is 3. The molecule has 0 spiro atoms. The molecule has 3 rings (SSSR count). The number of anilines is 1. The molecule has 0 aliphatic heterocycles. The summed E-state index contributed by atoms with van der Waals surface area (Å²) in [6.45, 7) is 6.47. The van der Waals surface area contributed by atoms with Gasteiger partial charge in [-0.15, -0.1) is 0 Å². The lowest BCUT2D eigenvalue weighted by Crippen LogP contribution is -2.48. The highest BCUT2D eigenvalue weighted by Crippen LogP contribution is 2.21. The van der Waals surface area contributed by atoms with Gasteiger partial charge in [0.2, 0.25) is 5.91 Å². The van der Waals surface area contributed by atoms with Crippen LogP contribution in [-0.4, -0.2) is 17.5 Å². The standard InChI is InChI=1S/C27H30FN3O2/c1-27(2,3)30-26(33)31(19-21-12-14-23(28)15-13-21)24-11-7-10-22(16-24)17-25(32)29-18-20-8-5-4-6-9-20/h4-16H,17-19H2,1-3H3,(H,29,32)(H,30,33). The second-order valence-electron chi connectivity index (χ2n) is 9.00. The monoisotopic (exact) mass is 447 g/mol. The molecule has 0 aromatic heterocycles. The number of hydrogen-bond acceptors (Lipinski definition) is 2. The second kappa shape index (κ2) is 10.8. The Balaban J connectivity index is 1.75. The summed E-state index contributed by atoms with van der Waals surface area (Å²) in [6.07, 6.45) is 0.200. The van der Waals surface area contributed by atoms with Crippen LogP contribution in [0.5, 0.6) is 0 Å². The van der Waals surface area contributed by atoms with Gasteiger partial charge in [-0.05, 0) is 61.7 Å². The molecule has 0 aliphatic carbocycles. The third-order valence-corrected chi connectivity index (χ3v) is 4.90. The van der Waals surface area contributed by atoms with Crippen molar-refractivity contribution in [2.24, 2.45) is 0 Å². The summed E-state index contributed by atoms with van der Waals surface area (Å²) >= 11 is 0. The van der Waals surface area contributed by atoms with Crippen molar-refractivity contribution in [3.05, 3.63) is 101 Å². The minimum Gasteiger partial charge on any atom is -0.352 e. The fourth-order valence-electron chi connectivity index (χ4n) is 3.32. The minimum atomic E-state index is -0.424. The van der Waals surface area contributed by atoms with E-state index in [9.17, 15) is 14.0 Å². The highest BCUT2D eigenvalue weighted by Gasteiger charge is 2.22. The first kappa shape index (κ1) is 24.0. The predicted octanol–water partition coefficient (Wildman–Crippen LogP) is 5.20. The summed E-state index contributed by atoms with van der Waals surface area (Å²) in [5, 5.41) is 5.91. The highest BCUT2D eigenvalue weighted by atomic mass is 19.1. The molecular formula is C27H30FN3O2. The van der Waals surface area contributed by atoms with Crippen LogP contribution in [0.25, 0.3) is 0 Å². The summed E-state index contributed by atoms with van der Waals surface area (Å²) in [5.74, 6) is -0.423. The quantitative estimate of drug-likeness (QED) is 0.523. The van der Waals surface area contributed by atoms with Gasteiger partial charge in [-0.2, -0.15) is 0 Å². The van der Waals surface area contributed by atoms with Gasteiger partial charge in [0.25, 0.3) is 0 Å². The van der Waals surface area contributed by atoms with E-state index in [1.807, 2.05) is 75.4 Å². The van der Waals surface area contributed by atoms with Gasteiger partial charge in [0.15, 0.2) is 0 Å². The molecule has 0 heterocycles. The first-order valence-corrected chi connectivity index (χ1v) is 10.9. The van der Waals surface area contributed by atoms with E-state index in [1.165, 1.54) is 12.1 Å². The van der Waals surface area contributed by atoms with Gasteiger partial charge in [0.05, 0.1) is 13.0 Å². The van der Waals surface area contributed by atoms with Crippen molar-refractivity contribution < 1.29 is 14.0 Å². The summed E-state index contributed by atoms with van der Waals surface area (Å²) in [6, 6.07) is 22.9. The predicted molar refractivity (Wildman–Crippen MR) is 129 cm³/mol. The van der Waals surface area contributed by atoms with Crippen molar-refractivity contribution in [3.8, 4) is 0 Å². The Hall–Kier alpha value is -3.67. The molecule has 172 valence electrons. The Morgan fingerprint density at radius 1 is 0.848 bits per heavy atom. The highest BCUT2D eigenvalue weighted by molar-refractivity contribution is 5.92. The molecule has 5 nitrogen and oxygen atoms in total. The molecule has 2 N–H and O–H groups in total. The van der Waals surface area contributed by atoms with Gasteiger partial charge in [0.1, 0.15) is 5.82 Å². The molecule has 0 saturated heterocycles. The van der Waals surface area contributed by atoms with Crippen LogP contribution in [-0.2, 0) is 24.3 Å². The molecule has 0 fully saturated rings. The van der Waals surface area contributed by atoms with Gasteiger partial charge >= 0.3 is 6.03 Å². The average Bonchev–Trinajstić information content (AvgIpc) is 2.77. The first-order valence-electron chi connectivity index (χ1n) is 10.9. The molecule has 0 unspecified atom stereocenters. The van der Waals surface area contributed by atoms with Crippen LogP contribution in [0.3, 0.4) is 0 Å². The van der Waals surface area contributed by atoms with Crippen molar-refractivity contribution in [2.45, 2.75) is 45.8 Å². The summed E-state index contributed by atoms with van der Waals surface area (Å²) in [7, 11) is 0. The van der Waals surface area contributed by atoms with Crippen LogP contribution in [0.15, 0.2) is 78.9 Å². The van der Waals surface area contributed by atoms with Crippen LogP contribution in [0.2, 0.25) is 0 Å². The lowest BCUT2D eigenvalue weighted by atomic mass is 10.1. The maximum absolute atomic E-state index is 13.3. The van der Waals surface area contributed by atoms with Crippen molar-refractivity contribution in [3.63, 3.8) is 0 Å². The number of carbonyl (C=O) groups is 2. The first-order chi connectivity index (χ1) is 15.7. The van der Waals surface area contributed by atoms with E-state index in [0.717, 1.165) is 16.7 Å². The van der Waals surface area contributed by atoms with Gasteiger partial charge in [0, 0.05) is 17.8 Å². The van der Waals surface area contributed by atoms with E-state index < -0.39 is 5.54 Å². The molecule has 0 saturated carbocycles. The zero-order valence-electron chi connectivity index (χ0n) is 19.3. The topological polar surface area (TPSA) is 61.4 Å². The number of halogens is 1. The Kier molecular flexibility index (Phi) is 7.83. The molecule has 0 atom stereocenters. The fourth-order valence-corrected chi connectivity index (χ4v) is 3.32. The zero-order valence-corrected chi connectivity index (χ0v) is 19.3. The molecule has 0 bridgehead atoms. The molecule has 3 aromatic carbocycles. The van der Waals surface area contributed by atoms with E-state index in [2.05, 4.69) is 10.6 Å². The zero-order chi connectivity index (χ0) is 23.8. The van der Waals surface area contributed by atoms with Crippen LogP contribution >= 0.6 is 0 Å². The molecule has 33 heavy (non-hydrogen) atoms. The molecule has 3 amide bonds. The van der Waals surface area contributed by atoms with Gasteiger partial charge in [-0.1, -0.05) is 54.6 Å². The molecule has 0 aliphatic rings. The van der Waals surface area contributed by atoms with Crippen molar-refractivity contribution in [1.82, 2.24) is 10.6 Å². The fraction of sp³-hybridized carbons (Fsp3) is 0.259. The molecular weight excluding hydrogens is 417 g/mol. The van der Waals surface area contributed by atoms with Crippen molar-refractivity contribution in [1.29, 1.82) is 0 Å². The normalized spacial score (nSPS) is 11.0. The lowest BCUT2D eigenvalue weighted by molar-refractivity contribution is -0.120. The Labute approximate surface area is 194 Å². The number of urea groups is 1. The van der Waals surface area contributed by atoms with Gasteiger partial charge in [-0.25, -0.2) is 9.18 Å². The smallest absolute Gasteiger partial charge is 0.322 e. The maximum Gasteiger partial charge on any atom is 0.322 e. The largest absolute Gasteiger partial charge is 0.352 e. The van der Waals surface area contributed by atoms with Crippen LogP contribution in [0.4, 0.5) is 14.9 Å². The minimum absolute atomic E-state index is 0.0970. The van der Waals surface area contributed by atoms with Crippen LogP contribution in [0, 0.1) is 5.82 Å². The van der Waals surface area contributed by atoms with Crippen LogP contribution < -0.4 is 15.5 Å². The number of amides is 3. The third-order valence-electron chi connectivity index (χ3n) is 4.90. The lowest BCUT2D eigenvalue weighted by Gasteiger charge is -2.29. The van der Waals surface area contributed by atoms with Crippen LogP contribution in [0.1, 0.15) is 37.5 Å². The van der Waals surface area contributed by atoms with Crippen molar-refractivity contribution in [2.75, 3.05) is 4.90 Å².